The van der Waals surface area contributed by atoms with Gasteiger partial charge in [-0.2, -0.15) is 4.98 Å². The minimum Gasteiger partial charge on any atom is -0.473 e. The molecule has 0 fully saturated rings. The van der Waals surface area contributed by atoms with Crippen molar-refractivity contribution in [1.82, 2.24) is 9.97 Å². The Morgan fingerprint density at radius 3 is 2.56 bits per heavy atom. The molecular formula is C12H22N4O2. The number of nitrogens with zero attached hydrogens (tertiary/aromatic N) is 3. The molecule has 6 nitrogen and oxygen atoms in total. The summed E-state index contributed by atoms with van der Waals surface area (Å²) in [5, 5.41) is 0. The van der Waals surface area contributed by atoms with Gasteiger partial charge in [-0.3, -0.25) is 0 Å². The van der Waals surface area contributed by atoms with Gasteiger partial charge in [-0.05, 0) is 20.8 Å². The zero-order valence-corrected chi connectivity index (χ0v) is 11.7. The van der Waals surface area contributed by atoms with Gasteiger partial charge in [-0.1, -0.05) is 0 Å². The highest BCUT2D eigenvalue weighted by Gasteiger charge is 2.17. The highest BCUT2D eigenvalue weighted by molar-refractivity contribution is 5.67. The molecule has 0 aliphatic carbocycles. The van der Waals surface area contributed by atoms with Crippen molar-refractivity contribution >= 4 is 11.5 Å². The van der Waals surface area contributed by atoms with E-state index in [2.05, 4.69) is 9.97 Å². The van der Waals surface area contributed by atoms with Gasteiger partial charge in [-0.15, -0.1) is 0 Å². The average molecular weight is 254 g/mol. The molecule has 1 heterocycles. The Bertz CT molecular complexity index is 384. The first-order valence-electron chi connectivity index (χ1n) is 5.96. The summed E-state index contributed by atoms with van der Waals surface area (Å²) >= 11 is 0. The minimum absolute atomic E-state index is 0.0248. The first-order chi connectivity index (χ1) is 8.47. The number of nitrogen functional groups attached to an aromatic ring is 1. The van der Waals surface area contributed by atoms with E-state index in [4.69, 9.17) is 15.2 Å². The summed E-state index contributed by atoms with van der Waals surface area (Å²) in [6.45, 7) is 6.49. The maximum absolute atomic E-state index is 6.03. The maximum Gasteiger partial charge on any atom is 0.242 e. The van der Waals surface area contributed by atoms with Crippen molar-refractivity contribution in [1.29, 1.82) is 0 Å². The largest absolute Gasteiger partial charge is 0.473 e. The number of nitrogens with two attached hydrogens (primary N) is 1. The predicted octanol–water partition coefficient (Wildman–Crippen LogP) is 1.32. The average Bonchev–Trinajstić information content (AvgIpc) is 2.31. The molecule has 1 atom stereocenters. The van der Waals surface area contributed by atoms with Crippen LogP contribution in [-0.4, -0.2) is 42.9 Å². The Hall–Kier alpha value is -1.56. The number of ether oxygens (including phenoxy) is 2. The van der Waals surface area contributed by atoms with Crippen LogP contribution in [0.1, 0.15) is 20.8 Å². The fraction of sp³-hybridized carbons (Fsp3) is 0.667. The Morgan fingerprint density at radius 1 is 1.33 bits per heavy atom. The topological polar surface area (TPSA) is 73.5 Å². The van der Waals surface area contributed by atoms with E-state index in [0.29, 0.717) is 24.0 Å². The third kappa shape index (κ3) is 3.46. The van der Waals surface area contributed by atoms with Gasteiger partial charge in [-0.25, -0.2) is 4.98 Å². The van der Waals surface area contributed by atoms with Crippen LogP contribution in [0.3, 0.4) is 0 Å². The van der Waals surface area contributed by atoms with Crippen molar-refractivity contribution < 1.29 is 9.47 Å². The third-order valence-corrected chi connectivity index (χ3v) is 2.58. The van der Waals surface area contributed by atoms with Gasteiger partial charge in [0.1, 0.15) is 12.0 Å². The molecule has 0 bridgehead atoms. The zero-order valence-electron chi connectivity index (χ0n) is 11.7. The fourth-order valence-electron chi connectivity index (χ4n) is 1.53. The smallest absolute Gasteiger partial charge is 0.242 e. The molecule has 0 aliphatic rings. The van der Waals surface area contributed by atoms with E-state index in [1.54, 1.807) is 7.11 Å². The van der Waals surface area contributed by atoms with Crippen LogP contribution in [0.5, 0.6) is 5.88 Å². The van der Waals surface area contributed by atoms with E-state index in [-0.39, 0.29) is 12.1 Å². The SMILES string of the molecule is COCC(C)N(C)c1ncnc(OC(C)C)c1N. The first kappa shape index (κ1) is 14.5. The molecule has 6 heteroatoms. The number of rotatable bonds is 6. The molecule has 1 unspecified atom stereocenters. The number of anilines is 2. The third-order valence-electron chi connectivity index (χ3n) is 2.58. The molecule has 0 aromatic carbocycles. The molecule has 0 amide bonds. The number of likely N-dealkylation sites (N-methyl/N-ethyl adjacent to an activating group) is 1. The second-order valence-electron chi connectivity index (χ2n) is 4.50. The Morgan fingerprint density at radius 2 is 2.00 bits per heavy atom. The van der Waals surface area contributed by atoms with Gasteiger partial charge in [0.2, 0.25) is 5.88 Å². The lowest BCUT2D eigenvalue weighted by Gasteiger charge is -2.26. The summed E-state index contributed by atoms with van der Waals surface area (Å²) in [7, 11) is 3.59. The molecule has 0 radical (unpaired) electrons. The maximum atomic E-state index is 6.03. The molecule has 0 saturated carbocycles. The lowest BCUT2D eigenvalue weighted by Crippen LogP contribution is -2.34. The van der Waals surface area contributed by atoms with E-state index in [0.717, 1.165) is 0 Å². The van der Waals surface area contributed by atoms with Crippen LogP contribution < -0.4 is 15.4 Å². The van der Waals surface area contributed by atoms with Crippen molar-refractivity contribution in [2.75, 3.05) is 31.4 Å². The quantitative estimate of drug-likeness (QED) is 0.825. The van der Waals surface area contributed by atoms with E-state index < -0.39 is 0 Å². The number of hydrogen-bond acceptors (Lipinski definition) is 6. The van der Waals surface area contributed by atoms with Crippen LogP contribution in [0.25, 0.3) is 0 Å². The molecule has 2 N–H and O–H groups in total. The summed E-state index contributed by atoms with van der Waals surface area (Å²) in [5.74, 6) is 1.08. The van der Waals surface area contributed by atoms with E-state index in [1.165, 1.54) is 6.33 Å². The van der Waals surface area contributed by atoms with E-state index in [1.807, 2.05) is 32.7 Å². The zero-order chi connectivity index (χ0) is 13.7. The van der Waals surface area contributed by atoms with Crippen LogP contribution in [0.4, 0.5) is 11.5 Å². The van der Waals surface area contributed by atoms with Gasteiger partial charge in [0.05, 0.1) is 18.8 Å². The standard InChI is InChI=1S/C12H22N4O2/c1-8(2)18-12-10(13)11(14-7-15-12)16(4)9(3)6-17-5/h7-9H,6,13H2,1-5H3. The van der Waals surface area contributed by atoms with Crippen molar-refractivity contribution in [3.63, 3.8) is 0 Å². The fourth-order valence-corrected chi connectivity index (χ4v) is 1.53. The molecule has 0 aliphatic heterocycles. The predicted molar refractivity (Wildman–Crippen MR) is 71.9 cm³/mol. The van der Waals surface area contributed by atoms with Crippen LogP contribution in [0.2, 0.25) is 0 Å². The Kier molecular flexibility index (Phi) is 5.15. The summed E-state index contributed by atoms with van der Waals surface area (Å²) in [6, 6.07) is 0.166. The number of methoxy groups -OCH3 is 1. The van der Waals surface area contributed by atoms with Gasteiger partial charge < -0.3 is 20.1 Å². The summed E-state index contributed by atoms with van der Waals surface area (Å²) in [5.41, 5.74) is 6.49. The number of hydrogen-bond donors (Lipinski definition) is 1. The van der Waals surface area contributed by atoms with Crippen LogP contribution in [-0.2, 0) is 4.74 Å². The van der Waals surface area contributed by atoms with Crippen molar-refractivity contribution in [2.45, 2.75) is 32.9 Å². The van der Waals surface area contributed by atoms with Crippen molar-refractivity contribution in [2.24, 2.45) is 0 Å². The first-order valence-corrected chi connectivity index (χ1v) is 5.96. The summed E-state index contributed by atoms with van der Waals surface area (Å²) < 4.78 is 10.7. The van der Waals surface area contributed by atoms with Crippen LogP contribution in [0.15, 0.2) is 6.33 Å². The molecular weight excluding hydrogens is 232 g/mol. The van der Waals surface area contributed by atoms with E-state index >= 15 is 0 Å². The molecule has 102 valence electrons. The van der Waals surface area contributed by atoms with Crippen molar-refractivity contribution in [3.8, 4) is 5.88 Å². The summed E-state index contributed by atoms with van der Waals surface area (Å²) in [6.07, 6.45) is 1.48. The number of aromatic nitrogens is 2. The second kappa shape index (κ2) is 6.39. The lowest BCUT2D eigenvalue weighted by molar-refractivity contribution is 0.183. The normalized spacial score (nSPS) is 12.6. The Balaban J connectivity index is 2.95. The monoisotopic (exact) mass is 254 g/mol. The second-order valence-corrected chi connectivity index (χ2v) is 4.50. The highest BCUT2D eigenvalue weighted by atomic mass is 16.5. The van der Waals surface area contributed by atoms with Crippen LogP contribution in [0, 0.1) is 0 Å². The van der Waals surface area contributed by atoms with Gasteiger partial charge in [0, 0.05) is 14.2 Å². The van der Waals surface area contributed by atoms with E-state index in [9.17, 15) is 0 Å². The van der Waals surface area contributed by atoms with Crippen molar-refractivity contribution in [3.05, 3.63) is 6.33 Å². The van der Waals surface area contributed by atoms with Crippen LogP contribution >= 0.6 is 0 Å². The van der Waals surface area contributed by atoms with Gasteiger partial charge in [0.15, 0.2) is 5.82 Å². The minimum atomic E-state index is 0.0248. The molecule has 1 aromatic rings. The Labute approximate surface area is 108 Å². The molecule has 1 rings (SSSR count). The molecule has 1 aromatic heterocycles. The molecule has 0 spiro atoms. The van der Waals surface area contributed by atoms with Gasteiger partial charge in [0.25, 0.3) is 0 Å². The van der Waals surface area contributed by atoms with Gasteiger partial charge >= 0.3 is 0 Å². The lowest BCUT2D eigenvalue weighted by atomic mass is 10.3. The molecule has 18 heavy (non-hydrogen) atoms. The summed E-state index contributed by atoms with van der Waals surface area (Å²) in [4.78, 5) is 10.2. The highest BCUT2D eigenvalue weighted by Crippen LogP contribution is 2.28. The molecule has 0 saturated heterocycles.